The Balaban J connectivity index is 1.65. The van der Waals surface area contributed by atoms with Crippen molar-refractivity contribution >= 4 is 45.1 Å². The number of esters is 1. The molecule has 0 unspecified atom stereocenters. The number of hydrogen-bond acceptors (Lipinski definition) is 5. The lowest BCUT2D eigenvalue weighted by atomic mass is 9.93. The van der Waals surface area contributed by atoms with E-state index in [2.05, 4.69) is 0 Å². The number of carbonyl (C=O) groups is 2. The number of sulfonamides is 1. The van der Waals surface area contributed by atoms with Crippen molar-refractivity contribution in [3.8, 4) is 0 Å². The number of rotatable bonds is 5. The molecular formula is C20H26Cl2N2O5S. The Morgan fingerprint density at radius 3 is 2.47 bits per heavy atom. The van der Waals surface area contributed by atoms with Crippen LogP contribution in [0.2, 0.25) is 10.0 Å². The second-order valence-corrected chi connectivity index (χ2v) is 10.4. The van der Waals surface area contributed by atoms with Crippen molar-refractivity contribution in [2.45, 2.75) is 37.5 Å². The summed E-state index contributed by atoms with van der Waals surface area (Å²) in [5.74, 6) is -0.861. The van der Waals surface area contributed by atoms with E-state index in [1.807, 2.05) is 0 Å². The molecule has 3 rings (SSSR count). The summed E-state index contributed by atoms with van der Waals surface area (Å²) in [6.07, 6.45) is 2.36. The van der Waals surface area contributed by atoms with E-state index >= 15 is 0 Å². The summed E-state index contributed by atoms with van der Waals surface area (Å²) in [6, 6.07) is 4.33. The van der Waals surface area contributed by atoms with E-state index in [1.165, 1.54) is 22.5 Å². The quantitative estimate of drug-likeness (QED) is 0.609. The van der Waals surface area contributed by atoms with Crippen molar-refractivity contribution < 1.29 is 22.7 Å². The Kier molecular flexibility index (Phi) is 7.66. The number of ether oxygens (including phenoxy) is 1. The minimum atomic E-state index is -3.85. The normalized spacial score (nSPS) is 21.4. The Morgan fingerprint density at radius 2 is 1.80 bits per heavy atom. The second-order valence-electron chi connectivity index (χ2n) is 7.63. The van der Waals surface area contributed by atoms with Crippen LogP contribution >= 0.6 is 23.2 Å². The molecule has 0 bridgehead atoms. The molecule has 2 heterocycles. The third kappa shape index (κ3) is 5.10. The zero-order chi connectivity index (χ0) is 21.9. The van der Waals surface area contributed by atoms with E-state index in [4.69, 9.17) is 27.9 Å². The van der Waals surface area contributed by atoms with E-state index in [0.29, 0.717) is 51.9 Å². The third-order valence-electron chi connectivity index (χ3n) is 5.67. The highest BCUT2D eigenvalue weighted by molar-refractivity contribution is 7.89. The van der Waals surface area contributed by atoms with Crippen LogP contribution in [0.4, 0.5) is 0 Å². The number of amides is 1. The van der Waals surface area contributed by atoms with Crippen LogP contribution < -0.4 is 0 Å². The zero-order valence-electron chi connectivity index (χ0n) is 16.9. The molecule has 0 spiro atoms. The second kappa shape index (κ2) is 9.85. The van der Waals surface area contributed by atoms with Gasteiger partial charge in [-0.1, -0.05) is 23.2 Å². The van der Waals surface area contributed by atoms with Gasteiger partial charge in [-0.05, 0) is 50.8 Å². The standard InChI is InChI=1S/C20H26Cl2N2O5S/c1-2-29-20(26)14-7-10-23(11-8-14)19(25)15-4-3-9-24(13-15)30(27,28)18-12-16(21)5-6-17(18)22/h5-6,12,14-15H,2-4,7-11,13H2,1H3/t15-/m0/s1. The Bertz CT molecular complexity index is 900. The summed E-state index contributed by atoms with van der Waals surface area (Å²) in [5.41, 5.74) is 0. The van der Waals surface area contributed by atoms with Crippen molar-refractivity contribution in [1.29, 1.82) is 0 Å². The van der Waals surface area contributed by atoms with Crippen molar-refractivity contribution in [1.82, 2.24) is 9.21 Å². The van der Waals surface area contributed by atoms with Gasteiger partial charge >= 0.3 is 5.97 Å². The first kappa shape index (κ1) is 23.3. The molecule has 2 aliphatic rings. The maximum Gasteiger partial charge on any atom is 0.309 e. The van der Waals surface area contributed by atoms with E-state index in [9.17, 15) is 18.0 Å². The van der Waals surface area contributed by atoms with Crippen molar-refractivity contribution in [3.63, 3.8) is 0 Å². The highest BCUT2D eigenvalue weighted by Gasteiger charge is 2.37. The van der Waals surface area contributed by atoms with Gasteiger partial charge in [0, 0.05) is 31.2 Å². The number of carbonyl (C=O) groups excluding carboxylic acids is 2. The average Bonchev–Trinajstić information content (AvgIpc) is 2.75. The van der Waals surface area contributed by atoms with E-state index in [-0.39, 0.29) is 39.3 Å². The molecule has 1 aromatic rings. The predicted octanol–water partition coefficient (Wildman–Crippen LogP) is 3.20. The van der Waals surface area contributed by atoms with Gasteiger partial charge in [0.15, 0.2) is 0 Å². The van der Waals surface area contributed by atoms with Crippen LogP contribution in [0.25, 0.3) is 0 Å². The Labute approximate surface area is 187 Å². The summed E-state index contributed by atoms with van der Waals surface area (Å²) in [7, 11) is -3.85. The van der Waals surface area contributed by atoms with Crippen LogP contribution in [0.1, 0.15) is 32.6 Å². The highest BCUT2D eigenvalue weighted by atomic mass is 35.5. The van der Waals surface area contributed by atoms with Gasteiger partial charge in [0.1, 0.15) is 4.90 Å². The molecule has 0 aromatic heterocycles. The maximum absolute atomic E-state index is 13.1. The first-order valence-corrected chi connectivity index (χ1v) is 12.3. The van der Waals surface area contributed by atoms with Crippen LogP contribution in [0.3, 0.4) is 0 Å². The summed E-state index contributed by atoms with van der Waals surface area (Å²) in [4.78, 5) is 26.6. The first-order valence-electron chi connectivity index (χ1n) is 10.1. The van der Waals surface area contributed by atoms with Gasteiger partial charge in [0.05, 0.1) is 23.5 Å². The van der Waals surface area contributed by atoms with Gasteiger partial charge in [-0.2, -0.15) is 4.31 Å². The fourth-order valence-electron chi connectivity index (χ4n) is 4.03. The summed E-state index contributed by atoms with van der Waals surface area (Å²) in [6.45, 7) is 3.52. The van der Waals surface area contributed by atoms with Gasteiger partial charge < -0.3 is 9.64 Å². The first-order chi connectivity index (χ1) is 14.2. The highest BCUT2D eigenvalue weighted by Crippen LogP contribution is 2.31. The summed E-state index contributed by atoms with van der Waals surface area (Å²) in [5, 5.41) is 0.390. The average molecular weight is 477 g/mol. The molecule has 0 aliphatic carbocycles. The fraction of sp³-hybridized carbons (Fsp3) is 0.600. The number of nitrogens with zero attached hydrogens (tertiary/aromatic N) is 2. The number of piperidine rings is 2. The Morgan fingerprint density at radius 1 is 1.10 bits per heavy atom. The van der Waals surface area contributed by atoms with Gasteiger partial charge in [0.25, 0.3) is 0 Å². The van der Waals surface area contributed by atoms with Crippen LogP contribution in [0, 0.1) is 11.8 Å². The lowest BCUT2D eigenvalue weighted by Gasteiger charge is -2.37. The molecule has 0 radical (unpaired) electrons. The monoisotopic (exact) mass is 476 g/mol. The van der Waals surface area contributed by atoms with E-state index < -0.39 is 15.9 Å². The molecule has 7 nitrogen and oxygen atoms in total. The lowest BCUT2D eigenvalue weighted by molar-refractivity contribution is -0.152. The molecule has 166 valence electrons. The third-order valence-corrected chi connectivity index (χ3v) is 8.25. The smallest absolute Gasteiger partial charge is 0.309 e. The molecule has 2 fully saturated rings. The molecule has 0 saturated carbocycles. The molecule has 1 amide bonds. The van der Waals surface area contributed by atoms with Gasteiger partial charge in [-0.15, -0.1) is 0 Å². The molecule has 2 aliphatic heterocycles. The molecule has 10 heteroatoms. The number of hydrogen-bond donors (Lipinski definition) is 0. The number of benzene rings is 1. The molecule has 2 saturated heterocycles. The van der Waals surface area contributed by atoms with Crippen LogP contribution in [-0.4, -0.2) is 62.3 Å². The van der Waals surface area contributed by atoms with Crippen LogP contribution in [0.5, 0.6) is 0 Å². The largest absolute Gasteiger partial charge is 0.466 e. The van der Waals surface area contributed by atoms with Crippen LogP contribution in [0.15, 0.2) is 23.1 Å². The summed E-state index contributed by atoms with van der Waals surface area (Å²) >= 11 is 12.1. The Hall–Kier alpha value is -1.35. The molecular weight excluding hydrogens is 451 g/mol. The minimum absolute atomic E-state index is 0.0417. The minimum Gasteiger partial charge on any atom is -0.466 e. The number of halogens is 2. The van der Waals surface area contributed by atoms with Gasteiger partial charge in [0.2, 0.25) is 15.9 Å². The maximum atomic E-state index is 13.1. The summed E-state index contributed by atoms with van der Waals surface area (Å²) < 4.78 is 32.6. The SMILES string of the molecule is CCOC(=O)C1CCN(C(=O)[C@H]2CCCN(S(=O)(=O)c3cc(Cl)ccc3Cl)C2)CC1. The molecule has 0 N–H and O–H groups in total. The predicted molar refractivity (Wildman–Crippen MR) is 114 cm³/mol. The fourth-order valence-corrected chi connectivity index (χ4v) is 6.29. The van der Waals surface area contributed by atoms with Crippen molar-refractivity contribution in [2.24, 2.45) is 11.8 Å². The van der Waals surface area contributed by atoms with E-state index in [1.54, 1.807) is 11.8 Å². The topological polar surface area (TPSA) is 84.0 Å². The number of likely N-dealkylation sites (tertiary alicyclic amines) is 1. The van der Waals surface area contributed by atoms with Crippen molar-refractivity contribution in [3.05, 3.63) is 28.2 Å². The van der Waals surface area contributed by atoms with Gasteiger partial charge in [-0.25, -0.2) is 8.42 Å². The molecule has 30 heavy (non-hydrogen) atoms. The molecule has 1 aromatic carbocycles. The van der Waals surface area contributed by atoms with Gasteiger partial charge in [-0.3, -0.25) is 9.59 Å². The lowest BCUT2D eigenvalue weighted by Crippen LogP contribution is -2.49. The van der Waals surface area contributed by atoms with Crippen molar-refractivity contribution in [2.75, 3.05) is 32.8 Å². The molecule has 1 atom stereocenters. The van der Waals surface area contributed by atoms with E-state index in [0.717, 1.165) is 0 Å². The zero-order valence-corrected chi connectivity index (χ0v) is 19.2. The van der Waals surface area contributed by atoms with Crippen LogP contribution in [-0.2, 0) is 24.3 Å².